The van der Waals surface area contributed by atoms with Gasteiger partial charge in [-0.2, -0.15) is 0 Å². The third kappa shape index (κ3) is 2.25. The molecule has 0 spiro atoms. The van der Waals surface area contributed by atoms with Gasteiger partial charge in [-0.25, -0.2) is 0 Å². The number of hydrogen-bond donors (Lipinski definition) is 3. The topological polar surface area (TPSA) is 63.9 Å². The van der Waals surface area contributed by atoms with Gasteiger partial charge in [-0.15, -0.1) is 0 Å². The molecule has 0 radical (unpaired) electrons. The van der Waals surface area contributed by atoms with Crippen LogP contribution in [0.4, 0.5) is 0 Å². The van der Waals surface area contributed by atoms with Crippen LogP contribution in [0.3, 0.4) is 0 Å². The zero-order valence-electron chi connectivity index (χ0n) is 9.81. The second-order valence-corrected chi connectivity index (χ2v) is 5.44. The van der Waals surface area contributed by atoms with E-state index in [4.69, 9.17) is 0 Å². The summed E-state index contributed by atoms with van der Waals surface area (Å²) in [6.07, 6.45) is 4.30. The standard InChI is InChI=1S/C12H23NO3/c14-8-12(9-15)4-3-10(11(16)7-12)13-5-1-2-6-13/h10-11,14-16H,1-9H2. The molecule has 94 valence electrons. The molecule has 1 saturated heterocycles. The second kappa shape index (κ2) is 5.00. The Hall–Kier alpha value is -0.160. The number of aliphatic hydroxyl groups excluding tert-OH is 3. The van der Waals surface area contributed by atoms with Gasteiger partial charge >= 0.3 is 0 Å². The molecule has 0 bridgehead atoms. The molecule has 0 amide bonds. The molecule has 16 heavy (non-hydrogen) atoms. The van der Waals surface area contributed by atoms with Gasteiger partial charge in [-0.05, 0) is 45.2 Å². The van der Waals surface area contributed by atoms with Crippen molar-refractivity contribution in [1.82, 2.24) is 4.90 Å². The van der Waals surface area contributed by atoms with Gasteiger partial charge in [0.05, 0.1) is 19.3 Å². The van der Waals surface area contributed by atoms with Crippen LogP contribution in [0, 0.1) is 5.41 Å². The van der Waals surface area contributed by atoms with E-state index in [0.717, 1.165) is 25.9 Å². The van der Waals surface area contributed by atoms with Crippen LogP contribution < -0.4 is 0 Å². The molecule has 2 unspecified atom stereocenters. The molecule has 0 aromatic carbocycles. The predicted molar refractivity (Wildman–Crippen MR) is 61.1 cm³/mol. The lowest BCUT2D eigenvalue weighted by Gasteiger charge is -2.43. The SMILES string of the molecule is OCC1(CO)CCC(N2CCCC2)C(O)C1. The van der Waals surface area contributed by atoms with Crippen LogP contribution in [0.1, 0.15) is 32.1 Å². The fraction of sp³-hybridized carbons (Fsp3) is 1.00. The molecule has 2 atom stereocenters. The minimum atomic E-state index is -0.449. The Kier molecular flexibility index (Phi) is 3.85. The van der Waals surface area contributed by atoms with Crippen molar-refractivity contribution in [2.24, 2.45) is 5.41 Å². The van der Waals surface area contributed by atoms with Gasteiger partial charge in [-0.3, -0.25) is 4.90 Å². The highest BCUT2D eigenvalue weighted by Crippen LogP contribution is 2.38. The summed E-state index contributed by atoms with van der Waals surface area (Å²) in [5, 5.41) is 28.8. The first kappa shape index (κ1) is 12.3. The van der Waals surface area contributed by atoms with E-state index in [1.807, 2.05) is 0 Å². The number of nitrogens with zero attached hydrogens (tertiary/aromatic N) is 1. The molecule has 3 N–H and O–H groups in total. The Morgan fingerprint density at radius 2 is 1.75 bits per heavy atom. The molecular weight excluding hydrogens is 206 g/mol. The summed E-state index contributed by atoms with van der Waals surface area (Å²) in [7, 11) is 0. The van der Waals surface area contributed by atoms with E-state index in [1.54, 1.807) is 0 Å². The molecule has 1 aliphatic heterocycles. The maximum atomic E-state index is 10.2. The molecule has 2 aliphatic rings. The third-order valence-corrected chi connectivity index (χ3v) is 4.34. The molecule has 1 aliphatic carbocycles. The van der Waals surface area contributed by atoms with Crippen molar-refractivity contribution in [3.05, 3.63) is 0 Å². The van der Waals surface area contributed by atoms with Crippen LogP contribution in [-0.4, -0.2) is 58.7 Å². The molecule has 1 saturated carbocycles. The van der Waals surface area contributed by atoms with Crippen LogP contribution in [0.2, 0.25) is 0 Å². The second-order valence-electron chi connectivity index (χ2n) is 5.44. The fourth-order valence-corrected chi connectivity index (χ4v) is 3.16. The van der Waals surface area contributed by atoms with E-state index in [0.29, 0.717) is 6.42 Å². The van der Waals surface area contributed by atoms with E-state index in [-0.39, 0.29) is 19.3 Å². The van der Waals surface area contributed by atoms with Gasteiger partial charge < -0.3 is 15.3 Å². The number of rotatable bonds is 3. The van der Waals surface area contributed by atoms with Crippen LogP contribution in [-0.2, 0) is 0 Å². The maximum Gasteiger partial charge on any atom is 0.0702 e. The van der Waals surface area contributed by atoms with Crippen LogP contribution in [0.25, 0.3) is 0 Å². The molecule has 1 heterocycles. The average molecular weight is 229 g/mol. The third-order valence-electron chi connectivity index (χ3n) is 4.34. The summed E-state index contributed by atoms with van der Waals surface area (Å²) < 4.78 is 0. The van der Waals surface area contributed by atoms with Crippen LogP contribution in [0.5, 0.6) is 0 Å². The summed E-state index contributed by atoms with van der Waals surface area (Å²) in [5.74, 6) is 0. The summed E-state index contributed by atoms with van der Waals surface area (Å²) in [6.45, 7) is 2.14. The highest BCUT2D eigenvalue weighted by atomic mass is 16.3. The summed E-state index contributed by atoms with van der Waals surface area (Å²) in [5.41, 5.74) is -0.449. The molecule has 0 aromatic heterocycles. The number of hydrogen-bond acceptors (Lipinski definition) is 4. The van der Waals surface area contributed by atoms with Gasteiger partial charge in [0.25, 0.3) is 0 Å². The zero-order valence-corrected chi connectivity index (χ0v) is 9.81. The van der Waals surface area contributed by atoms with Crippen molar-refractivity contribution in [2.75, 3.05) is 26.3 Å². The Morgan fingerprint density at radius 3 is 2.25 bits per heavy atom. The molecule has 2 fully saturated rings. The Balaban J connectivity index is 1.96. The van der Waals surface area contributed by atoms with Gasteiger partial charge in [0.15, 0.2) is 0 Å². The van der Waals surface area contributed by atoms with Gasteiger partial charge in [0, 0.05) is 11.5 Å². The van der Waals surface area contributed by atoms with Crippen LogP contribution >= 0.6 is 0 Å². The van der Waals surface area contributed by atoms with E-state index >= 15 is 0 Å². The zero-order chi connectivity index (χ0) is 11.6. The lowest BCUT2D eigenvalue weighted by Crippen LogP contribution is -2.50. The number of likely N-dealkylation sites (tertiary alicyclic amines) is 1. The van der Waals surface area contributed by atoms with Crippen molar-refractivity contribution in [2.45, 2.75) is 44.2 Å². The molecule has 4 heteroatoms. The lowest BCUT2D eigenvalue weighted by atomic mass is 9.72. The van der Waals surface area contributed by atoms with Crippen molar-refractivity contribution < 1.29 is 15.3 Å². The molecule has 4 nitrogen and oxygen atoms in total. The molecule has 0 aromatic rings. The van der Waals surface area contributed by atoms with Crippen molar-refractivity contribution in [1.29, 1.82) is 0 Å². The Bertz CT molecular complexity index is 224. The summed E-state index contributed by atoms with van der Waals surface area (Å²) in [4.78, 5) is 2.36. The average Bonchev–Trinajstić information content (AvgIpc) is 2.82. The first-order valence-electron chi connectivity index (χ1n) is 6.35. The Labute approximate surface area is 96.9 Å². The maximum absolute atomic E-state index is 10.2. The highest BCUT2D eigenvalue weighted by Gasteiger charge is 2.41. The van der Waals surface area contributed by atoms with Crippen molar-refractivity contribution >= 4 is 0 Å². The molecular formula is C12H23NO3. The minimum Gasteiger partial charge on any atom is -0.396 e. The highest BCUT2D eigenvalue weighted by molar-refractivity contribution is 4.94. The summed E-state index contributed by atoms with van der Waals surface area (Å²) in [6, 6.07) is 0.244. The first-order valence-corrected chi connectivity index (χ1v) is 6.35. The normalized spacial score (nSPS) is 35.4. The van der Waals surface area contributed by atoms with Gasteiger partial charge in [0.1, 0.15) is 0 Å². The minimum absolute atomic E-state index is 0.0206. The van der Waals surface area contributed by atoms with Gasteiger partial charge in [0.2, 0.25) is 0 Å². The van der Waals surface area contributed by atoms with E-state index in [2.05, 4.69) is 4.90 Å². The fourth-order valence-electron chi connectivity index (χ4n) is 3.16. The van der Waals surface area contributed by atoms with Crippen molar-refractivity contribution in [3.8, 4) is 0 Å². The lowest BCUT2D eigenvalue weighted by molar-refractivity contribution is -0.0643. The van der Waals surface area contributed by atoms with E-state index < -0.39 is 11.5 Å². The van der Waals surface area contributed by atoms with E-state index in [1.165, 1.54) is 12.8 Å². The predicted octanol–water partition coefficient (Wildman–Crippen LogP) is -0.0334. The van der Waals surface area contributed by atoms with E-state index in [9.17, 15) is 15.3 Å². The van der Waals surface area contributed by atoms with Crippen LogP contribution in [0.15, 0.2) is 0 Å². The largest absolute Gasteiger partial charge is 0.396 e. The first-order chi connectivity index (χ1) is 7.71. The number of aliphatic hydroxyl groups is 3. The molecule has 2 rings (SSSR count). The smallest absolute Gasteiger partial charge is 0.0702 e. The summed E-state index contributed by atoms with van der Waals surface area (Å²) >= 11 is 0. The van der Waals surface area contributed by atoms with Crippen molar-refractivity contribution in [3.63, 3.8) is 0 Å². The quantitative estimate of drug-likeness (QED) is 0.636. The van der Waals surface area contributed by atoms with Gasteiger partial charge in [-0.1, -0.05) is 0 Å². The monoisotopic (exact) mass is 229 g/mol. The Morgan fingerprint density at radius 1 is 1.12 bits per heavy atom.